The van der Waals surface area contributed by atoms with Crippen LogP contribution in [0, 0.1) is 6.92 Å². The Balaban J connectivity index is 2.16. The maximum Gasteiger partial charge on any atom is 0.175 e. The molecule has 5 nitrogen and oxygen atoms in total. The summed E-state index contributed by atoms with van der Waals surface area (Å²) in [6, 6.07) is 7.55. The Morgan fingerprint density at radius 3 is 2.81 bits per heavy atom. The fourth-order valence-electron chi connectivity index (χ4n) is 1.89. The summed E-state index contributed by atoms with van der Waals surface area (Å²) in [6.07, 6.45) is 0. The third-order valence-corrected chi connectivity index (χ3v) is 3.38. The zero-order valence-corrected chi connectivity index (χ0v) is 13.9. The minimum absolute atomic E-state index is 0.277. The van der Waals surface area contributed by atoms with Gasteiger partial charge in [0.05, 0.1) is 11.6 Å². The number of anilines is 1. The van der Waals surface area contributed by atoms with Crippen molar-refractivity contribution in [2.24, 2.45) is 0 Å². The van der Waals surface area contributed by atoms with Gasteiger partial charge in [-0.15, -0.1) is 0 Å². The average molecular weight is 352 g/mol. The first-order valence-electron chi connectivity index (χ1n) is 6.67. The third-order valence-electron chi connectivity index (χ3n) is 2.75. The van der Waals surface area contributed by atoms with Gasteiger partial charge in [-0.3, -0.25) is 0 Å². The molecule has 0 atom stereocenters. The van der Waals surface area contributed by atoms with Crippen LogP contribution in [0.15, 0.2) is 28.7 Å². The second-order valence-electron chi connectivity index (χ2n) is 4.40. The van der Waals surface area contributed by atoms with Crippen LogP contribution < -0.4 is 14.8 Å². The van der Waals surface area contributed by atoms with Gasteiger partial charge in [-0.05, 0) is 41.9 Å². The van der Waals surface area contributed by atoms with Crippen molar-refractivity contribution in [1.29, 1.82) is 0 Å². The predicted octanol–water partition coefficient (Wildman–Crippen LogP) is 3.57. The van der Waals surface area contributed by atoms with Crippen molar-refractivity contribution < 1.29 is 9.47 Å². The minimum atomic E-state index is 0.277. The molecule has 0 bridgehead atoms. The van der Waals surface area contributed by atoms with Gasteiger partial charge < -0.3 is 14.8 Å². The van der Waals surface area contributed by atoms with Crippen LogP contribution >= 0.6 is 15.9 Å². The summed E-state index contributed by atoms with van der Waals surface area (Å²) in [6.45, 7) is 5.05. The van der Waals surface area contributed by atoms with Crippen LogP contribution in [0.1, 0.15) is 18.4 Å². The van der Waals surface area contributed by atoms with Crippen molar-refractivity contribution in [3.05, 3.63) is 40.3 Å². The Labute approximate surface area is 132 Å². The van der Waals surface area contributed by atoms with E-state index in [-0.39, 0.29) is 6.61 Å². The molecule has 21 heavy (non-hydrogen) atoms. The summed E-state index contributed by atoms with van der Waals surface area (Å²) < 4.78 is 11.9. The van der Waals surface area contributed by atoms with E-state index >= 15 is 0 Å². The molecule has 0 saturated carbocycles. The van der Waals surface area contributed by atoms with Crippen LogP contribution in [0.25, 0.3) is 0 Å². The molecule has 2 aromatic rings. The molecule has 0 aliphatic heterocycles. The van der Waals surface area contributed by atoms with E-state index in [0.717, 1.165) is 22.5 Å². The van der Waals surface area contributed by atoms with Crippen LogP contribution in [0.5, 0.6) is 11.5 Å². The number of ether oxygens (including phenoxy) is 2. The number of hydrogen-bond donors (Lipinski definition) is 1. The molecular formula is C15H18BrN3O2. The lowest BCUT2D eigenvalue weighted by Gasteiger charge is -2.12. The Morgan fingerprint density at radius 2 is 2.10 bits per heavy atom. The van der Waals surface area contributed by atoms with E-state index in [0.29, 0.717) is 17.3 Å². The summed E-state index contributed by atoms with van der Waals surface area (Å²) in [5.41, 5.74) is 0.902. The van der Waals surface area contributed by atoms with E-state index in [9.17, 15) is 0 Å². The largest absolute Gasteiger partial charge is 0.493 e. The third kappa shape index (κ3) is 4.07. The molecule has 0 aliphatic rings. The normalized spacial score (nSPS) is 10.3. The first-order chi connectivity index (χ1) is 10.1. The number of benzene rings is 1. The predicted molar refractivity (Wildman–Crippen MR) is 86.0 cm³/mol. The first-order valence-corrected chi connectivity index (χ1v) is 7.47. The van der Waals surface area contributed by atoms with E-state index in [1.807, 2.05) is 38.1 Å². The lowest BCUT2D eigenvalue weighted by Crippen LogP contribution is -2.07. The highest BCUT2D eigenvalue weighted by Crippen LogP contribution is 2.35. The summed E-state index contributed by atoms with van der Waals surface area (Å²) in [5.74, 6) is 2.76. The molecule has 2 rings (SSSR count). The molecular weight excluding hydrogens is 334 g/mol. The topological polar surface area (TPSA) is 56.3 Å². The number of methoxy groups -OCH3 is 1. The highest BCUT2D eigenvalue weighted by Gasteiger charge is 2.10. The van der Waals surface area contributed by atoms with Gasteiger partial charge in [0.25, 0.3) is 0 Å². The lowest BCUT2D eigenvalue weighted by molar-refractivity contribution is 0.274. The summed E-state index contributed by atoms with van der Waals surface area (Å²) in [4.78, 5) is 8.80. The Bertz CT molecular complexity index is 620. The van der Waals surface area contributed by atoms with Gasteiger partial charge in [0, 0.05) is 18.3 Å². The van der Waals surface area contributed by atoms with Crippen molar-refractivity contribution >= 4 is 21.7 Å². The second kappa shape index (κ2) is 7.26. The van der Waals surface area contributed by atoms with Gasteiger partial charge in [0.2, 0.25) is 0 Å². The fourth-order valence-corrected chi connectivity index (χ4v) is 2.36. The molecule has 0 amide bonds. The number of aromatic nitrogens is 2. The summed E-state index contributed by atoms with van der Waals surface area (Å²) in [7, 11) is 1.61. The molecule has 0 radical (unpaired) electrons. The molecule has 0 aliphatic carbocycles. The lowest BCUT2D eigenvalue weighted by atomic mass is 10.3. The molecule has 1 N–H and O–H groups in total. The Morgan fingerprint density at radius 1 is 1.29 bits per heavy atom. The highest BCUT2D eigenvalue weighted by atomic mass is 79.9. The molecule has 0 saturated heterocycles. The number of nitrogens with one attached hydrogen (secondary N) is 1. The van der Waals surface area contributed by atoms with Crippen LogP contribution in [0.2, 0.25) is 0 Å². The number of hydrogen-bond acceptors (Lipinski definition) is 5. The smallest absolute Gasteiger partial charge is 0.175 e. The van der Waals surface area contributed by atoms with E-state index in [1.165, 1.54) is 0 Å². The molecule has 0 unspecified atom stereocenters. The molecule has 6 heteroatoms. The van der Waals surface area contributed by atoms with Gasteiger partial charge in [-0.25, -0.2) is 9.97 Å². The monoisotopic (exact) mass is 351 g/mol. The van der Waals surface area contributed by atoms with Crippen LogP contribution in [0.3, 0.4) is 0 Å². The maximum absolute atomic E-state index is 5.81. The zero-order valence-electron chi connectivity index (χ0n) is 12.3. The Kier molecular flexibility index (Phi) is 5.38. The van der Waals surface area contributed by atoms with Gasteiger partial charge >= 0.3 is 0 Å². The van der Waals surface area contributed by atoms with Crippen LogP contribution in [-0.2, 0) is 6.61 Å². The van der Waals surface area contributed by atoms with Gasteiger partial charge in [0.15, 0.2) is 17.3 Å². The standard InChI is InChI=1S/C15H18BrN3O2/c1-4-17-13-8-10(2)18-14(19-13)9-21-15-11(16)6-5-7-12(15)20-3/h5-8H,4,9H2,1-3H3,(H,17,18,19). The number of para-hydroxylation sites is 1. The van der Waals surface area contributed by atoms with Crippen molar-refractivity contribution in [2.45, 2.75) is 20.5 Å². The first kappa shape index (κ1) is 15.6. The zero-order chi connectivity index (χ0) is 15.2. The number of rotatable bonds is 6. The van der Waals surface area contributed by atoms with Crippen molar-refractivity contribution in [1.82, 2.24) is 9.97 Å². The molecule has 0 spiro atoms. The molecule has 1 heterocycles. The van der Waals surface area contributed by atoms with Crippen molar-refractivity contribution in [3.8, 4) is 11.5 Å². The van der Waals surface area contributed by atoms with Crippen molar-refractivity contribution in [3.63, 3.8) is 0 Å². The summed E-state index contributed by atoms with van der Waals surface area (Å²) in [5, 5.41) is 3.18. The van der Waals surface area contributed by atoms with Crippen LogP contribution in [0.4, 0.5) is 5.82 Å². The molecule has 1 aromatic carbocycles. The highest BCUT2D eigenvalue weighted by molar-refractivity contribution is 9.10. The van der Waals surface area contributed by atoms with Gasteiger partial charge in [-0.2, -0.15) is 0 Å². The molecule has 112 valence electrons. The van der Waals surface area contributed by atoms with E-state index < -0.39 is 0 Å². The number of halogens is 1. The Hall–Kier alpha value is -1.82. The van der Waals surface area contributed by atoms with Gasteiger partial charge in [0.1, 0.15) is 12.4 Å². The fraction of sp³-hybridized carbons (Fsp3) is 0.333. The quantitative estimate of drug-likeness (QED) is 0.861. The van der Waals surface area contributed by atoms with E-state index in [2.05, 4.69) is 31.2 Å². The molecule has 0 fully saturated rings. The molecule has 1 aromatic heterocycles. The van der Waals surface area contributed by atoms with Crippen molar-refractivity contribution in [2.75, 3.05) is 19.0 Å². The van der Waals surface area contributed by atoms with Crippen LogP contribution in [-0.4, -0.2) is 23.6 Å². The van der Waals surface area contributed by atoms with E-state index in [4.69, 9.17) is 9.47 Å². The minimum Gasteiger partial charge on any atom is -0.493 e. The number of nitrogens with zero attached hydrogens (tertiary/aromatic N) is 2. The summed E-state index contributed by atoms with van der Waals surface area (Å²) >= 11 is 3.46. The average Bonchev–Trinajstić information content (AvgIpc) is 2.45. The second-order valence-corrected chi connectivity index (χ2v) is 5.26. The SMILES string of the molecule is CCNc1cc(C)nc(COc2c(Br)cccc2OC)n1. The van der Waals surface area contributed by atoms with Gasteiger partial charge in [-0.1, -0.05) is 6.07 Å². The maximum atomic E-state index is 5.81. The van der Waals surface area contributed by atoms with E-state index in [1.54, 1.807) is 7.11 Å². The number of aryl methyl sites for hydroxylation is 1.